The van der Waals surface area contributed by atoms with Gasteiger partial charge in [-0.25, -0.2) is 0 Å². The number of aryl methyl sites for hydroxylation is 3. The Morgan fingerprint density at radius 2 is 1.50 bits per heavy atom. The zero-order valence-electron chi connectivity index (χ0n) is 20.7. The third kappa shape index (κ3) is 5.32. The smallest absolute Gasteiger partial charge is 0.130 e. The number of nitrogens with zero attached hydrogens (tertiary/aromatic N) is 1. The van der Waals surface area contributed by atoms with Gasteiger partial charge in [-0.1, -0.05) is 64.1 Å². The van der Waals surface area contributed by atoms with Crippen LogP contribution in [0.4, 0.5) is 0 Å². The maximum atomic E-state index is 6.30. The molecule has 3 aromatic rings. The van der Waals surface area contributed by atoms with Crippen molar-refractivity contribution in [2.24, 2.45) is 0 Å². The molecule has 0 atom stereocenters. The third-order valence-electron chi connectivity index (χ3n) is 5.82. The Labute approximate surface area is 193 Å². The quantitative estimate of drug-likeness (QED) is 0.348. The fourth-order valence-corrected chi connectivity index (χ4v) is 4.14. The van der Waals surface area contributed by atoms with Gasteiger partial charge in [-0.2, -0.15) is 0 Å². The predicted molar refractivity (Wildman–Crippen MR) is 134 cm³/mol. The van der Waals surface area contributed by atoms with E-state index in [9.17, 15) is 0 Å². The molecule has 0 saturated carbocycles. The van der Waals surface area contributed by atoms with Gasteiger partial charge in [0.1, 0.15) is 18.1 Å². The molecule has 0 fully saturated rings. The second-order valence-electron chi connectivity index (χ2n) is 8.88. The maximum Gasteiger partial charge on any atom is 0.130 e. The van der Waals surface area contributed by atoms with Crippen molar-refractivity contribution in [2.45, 2.75) is 79.9 Å². The summed E-state index contributed by atoms with van der Waals surface area (Å²) in [5.74, 6) is 2.18. The topological polar surface area (TPSA) is 31.4 Å². The molecule has 170 valence electrons. The van der Waals surface area contributed by atoms with Gasteiger partial charge in [-0.3, -0.25) is 4.98 Å². The van der Waals surface area contributed by atoms with E-state index in [1.807, 2.05) is 12.1 Å². The molecule has 32 heavy (non-hydrogen) atoms. The summed E-state index contributed by atoms with van der Waals surface area (Å²) in [5.41, 5.74) is 8.04. The minimum absolute atomic E-state index is 0.0680. The van der Waals surface area contributed by atoms with Crippen molar-refractivity contribution in [2.75, 3.05) is 0 Å². The first kappa shape index (κ1) is 23.8. The van der Waals surface area contributed by atoms with Crippen LogP contribution in [0.3, 0.4) is 0 Å². The lowest BCUT2D eigenvalue weighted by molar-refractivity contribution is 0.229. The van der Waals surface area contributed by atoms with Crippen molar-refractivity contribution >= 4 is 0 Å². The van der Waals surface area contributed by atoms with E-state index < -0.39 is 0 Å². The first-order chi connectivity index (χ1) is 15.3. The summed E-state index contributed by atoms with van der Waals surface area (Å²) in [6.45, 7) is 15.4. The van der Waals surface area contributed by atoms with Crippen LogP contribution < -0.4 is 9.47 Å². The van der Waals surface area contributed by atoms with E-state index in [4.69, 9.17) is 14.5 Å². The van der Waals surface area contributed by atoms with Crippen LogP contribution in [0.25, 0.3) is 11.3 Å². The average Bonchev–Trinajstić information content (AvgIpc) is 2.77. The van der Waals surface area contributed by atoms with E-state index in [1.165, 1.54) is 22.3 Å². The highest BCUT2D eigenvalue weighted by Crippen LogP contribution is 2.34. The molecule has 0 aliphatic rings. The molecule has 0 spiro atoms. The molecule has 0 unspecified atom stereocenters. The lowest BCUT2D eigenvalue weighted by Crippen LogP contribution is -2.12. The number of hydrogen-bond donors (Lipinski definition) is 0. The maximum absolute atomic E-state index is 6.30. The molecule has 0 amide bonds. The van der Waals surface area contributed by atoms with Gasteiger partial charge in [0, 0.05) is 17.3 Å². The van der Waals surface area contributed by atoms with Crippen LogP contribution in [0.15, 0.2) is 48.5 Å². The molecular formula is C29H37NO2. The minimum Gasteiger partial charge on any atom is -0.490 e. The number of rotatable bonds is 9. The predicted octanol–water partition coefficient (Wildman–Crippen LogP) is 7.67. The van der Waals surface area contributed by atoms with Gasteiger partial charge in [-0.15, -0.1) is 0 Å². The van der Waals surface area contributed by atoms with E-state index in [-0.39, 0.29) is 6.10 Å². The highest BCUT2D eigenvalue weighted by atomic mass is 16.5. The largest absolute Gasteiger partial charge is 0.490 e. The van der Waals surface area contributed by atoms with Crippen molar-refractivity contribution in [1.29, 1.82) is 0 Å². The number of pyridine rings is 1. The van der Waals surface area contributed by atoms with Crippen molar-refractivity contribution in [1.82, 2.24) is 4.98 Å². The monoisotopic (exact) mass is 431 g/mol. The summed E-state index contributed by atoms with van der Waals surface area (Å²) >= 11 is 0. The summed E-state index contributed by atoms with van der Waals surface area (Å²) in [5, 5.41) is 0. The van der Waals surface area contributed by atoms with Gasteiger partial charge in [0.15, 0.2) is 0 Å². The number of benzene rings is 2. The molecule has 3 nitrogen and oxygen atoms in total. The van der Waals surface area contributed by atoms with Gasteiger partial charge >= 0.3 is 0 Å². The van der Waals surface area contributed by atoms with Crippen molar-refractivity contribution in [3.8, 4) is 22.8 Å². The van der Waals surface area contributed by atoms with Gasteiger partial charge in [-0.05, 0) is 62.3 Å². The van der Waals surface area contributed by atoms with Gasteiger partial charge in [0.2, 0.25) is 0 Å². The molecule has 1 aromatic heterocycles. The van der Waals surface area contributed by atoms with Crippen LogP contribution in [0.5, 0.6) is 11.5 Å². The fourth-order valence-electron chi connectivity index (χ4n) is 4.14. The molecule has 0 radical (unpaired) electrons. The molecule has 3 heteroatoms. The molecule has 0 saturated heterocycles. The van der Waals surface area contributed by atoms with Crippen LogP contribution in [0, 0.1) is 6.92 Å². The second kappa shape index (κ2) is 10.7. The third-order valence-corrected chi connectivity index (χ3v) is 5.82. The Bertz CT molecular complexity index is 1030. The van der Waals surface area contributed by atoms with Gasteiger partial charge < -0.3 is 9.47 Å². The minimum atomic E-state index is 0.0680. The zero-order chi connectivity index (χ0) is 23.3. The van der Waals surface area contributed by atoms with E-state index >= 15 is 0 Å². The van der Waals surface area contributed by atoms with Gasteiger partial charge in [0.05, 0.1) is 17.4 Å². The molecule has 0 aliphatic heterocycles. The van der Waals surface area contributed by atoms with E-state index in [1.54, 1.807) is 0 Å². The summed E-state index contributed by atoms with van der Waals surface area (Å²) in [4.78, 5) is 5.04. The normalized spacial score (nSPS) is 11.3. The van der Waals surface area contributed by atoms with Crippen LogP contribution in [-0.4, -0.2) is 11.1 Å². The van der Waals surface area contributed by atoms with Crippen LogP contribution in [0.2, 0.25) is 0 Å². The Balaban J connectivity index is 2.04. The molecule has 2 aromatic carbocycles. The first-order valence-electron chi connectivity index (χ1n) is 11.9. The second-order valence-corrected chi connectivity index (χ2v) is 8.88. The van der Waals surface area contributed by atoms with Crippen LogP contribution in [-0.2, 0) is 19.4 Å². The SMILES string of the molecule is CCc1cccc(CC)c1-c1cc(OC(C)C)c(COc2ccccc2C(C)C)c(C)n1. The Kier molecular flexibility index (Phi) is 7.95. The number of para-hydroxylation sites is 1. The molecular weight excluding hydrogens is 394 g/mol. The fraction of sp³-hybridized carbons (Fsp3) is 0.414. The average molecular weight is 432 g/mol. The zero-order valence-corrected chi connectivity index (χ0v) is 20.7. The van der Waals surface area contributed by atoms with E-state index in [0.717, 1.165) is 41.3 Å². The highest BCUT2D eigenvalue weighted by Gasteiger charge is 2.18. The molecule has 0 bridgehead atoms. The number of hydrogen-bond acceptors (Lipinski definition) is 3. The summed E-state index contributed by atoms with van der Waals surface area (Å²) in [6.07, 6.45) is 2.01. The van der Waals surface area contributed by atoms with Crippen LogP contribution in [0.1, 0.15) is 75.4 Å². The molecule has 1 heterocycles. The molecule has 0 N–H and O–H groups in total. The highest BCUT2D eigenvalue weighted by molar-refractivity contribution is 5.70. The van der Waals surface area contributed by atoms with E-state index in [2.05, 4.69) is 84.9 Å². The molecule has 0 aliphatic carbocycles. The summed E-state index contributed by atoms with van der Waals surface area (Å²) < 4.78 is 12.6. The number of ether oxygens (including phenoxy) is 2. The Hall–Kier alpha value is -2.81. The van der Waals surface area contributed by atoms with Gasteiger partial charge in [0.25, 0.3) is 0 Å². The first-order valence-corrected chi connectivity index (χ1v) is 11.9. The standard InChI is InChI=1S/C29H37NO2/c1-8-22-13-12-14-23(9-2)29(22)26-17-28(32-20(5)6)25(21(7)30-26)18-31-27-16-11-10-15-24(27)19(3)4/h10-17,19-20H,8-9,18H2,1-7H3. The summed E-state index contributed by atoms with van der Waals surface area (Å²) in [7, 11) is 0. The Morgan fingerprint density at radius 3 is 2.09 bits per heavy atom. The van der Waals surface area contributed by atoms with Crippen LogP contribution >= 0.6 is 0 Å². The van der Waals surface area contributed by atoms with Crippen molar-refractivity contribution < 1.29 is 9.47 Å². The lowest BCUT2D eigenvalue weighted by Gasteiger charge is -2.21. The summed E-state index contributed by atoms with van der Waals surface area (Å²) in [6, 6.07) is 16.9. The van der Waals surface area contributed by atoms with E-state index in [0.29, 0.717) is 12.5 Å². The van der Waals surface area contributed by atoms with Crippen molar-refractivity contribution in [3.05, 3.63) is 76.5 Å². The van der Waals surface area contributed by atoms with Crippen molar-refractivity contribution in [3.63, 3.8) is 0 Å². The lowest BCUT2D eigenvalue weighted by atomic mass is 9.94. The molecule has 3 rings (SSSR count). The Morgan fingerprint density at radius 1 is 0.844 bits per heavy atom. The number of aromatic nitrogens is 1.